The van der Waals surface area contributed by atoms with E-state index in [1.807, 2.05) is 34.3 Å². The molecule has 23 heavy (non-hydrogen) atoms. The number of carbonyl (C=O) groups is 2. The van der Waals surface area contributed by atoms with E-state index in [2.05, 4.69) is 15.6 Å². The molecule has 3 aromatic rings. The number of anilines is 1. The summed E-state index contributed by atoms with van der Waals surface area (Å²) in [6, 6.07) is 7.53. The van der Waals surface area contributed by atoms with Crippen LogP contribution in [-0.4, -0.2) is 23.3 Å². The van der Waals surface area contributed by atoms with Gasteiger partial charge in [-0.25, -0.2) is 4.98 Å². The van der Waals surface area contributed by atoms with E-state index in [0.717, 1.165) is 10.6 Å². The second kappa shape index (κ2) is 7.49. The van der Waals surface area contributed by atoms with Crippen LogP contribution in [0, 0.1) is 0 Å². The van der Waals surface area contributed by atoms with Crippen LogP contribution in [0.3, 0.4) is 0 Å². The third-order valence-corrected chi connectivity index (χ3v) is 5.43. The summed E-state index contributed by atoms with van der Waals surface area (Å²) >= 11 is 4.37. The maximum absolute atomic E-state index is 11.9. The monoisotopic (exact) mass is 363 g/mol. The third kappa shape index (κ3) is 4.25. The minimum Gasteiger partial charge on any atom is -0.351 e. The standard InChI is InChI=1S/C15H13N3O2S3/c19-13(5-6-16-14(20)12-4-2-8-22-12)18-15-17-10(9-23-15)11-3-1-7-21-11/h1-4,7-9H,5-6H2,(H,16,20)(H,17,18,19). The molecule has 0 aromatic carbocycles. The van der Waals surface area contributed by atoms with Gasteiger partial charge < -0.3 is 10.6 Å². The molecule has 5 nitrogen and oxygen atoms in total. The zero-order chi connectivity index (χ0) is 16.1. The lowest BCUT2D eigenvalue weighted by Gasteiger charge is -2.03. The Labute approximate surface area is 145 Å². The molecule has 0 unspecified atom stereocenters. The van der Waals surface area contributed by atoms with Crippen LogP contribution in [0.25, 0.3) is 10.6 Å². The minimum absolute atomic E-state index is 0.151. The molecule has 2 N–H and O–H groups in total. The molecule has 0 bridgehead atoms. The van der Waals surface area contributed by atoms with Gasteiger partial charge in [0.15, 0.2) is 5.13 Å². The van der Waals surface area contributed by atoms with Crippen LogP contribution in [0.15, 0.2) is 40.4 Å². The topological polar surface area (TPSA) is 71.1 Å². The molecule has 0 aliphatic carbocycles. The second-order valence-electron chi connectivity index (χ2n) is 4.55. The lowest BCUT2D eigenvalue weighted by molar-refractivity contribution is -0.116. The molecule has 8 heteroatoms. The third-order valence-electron chi connectivity index (χ3n) is 2.91. The Bertz CT molecular complexity index is 779. The first-order chi connectivity index (χ1) is 11.2. The Morgan fingerprint density at radius 2 is 1.91 bits per heavy atom. The molecule has 0 atom stereocenters. The number of aromatic nitrogens is 1. The Morgan fingerprint density at radius 1 is 1.09 bits per heavy atom. The fraction of sp³-hybridized carbons (Fsp3) is 0.133. The number of thiophene rings is 2. The van der Waals surface area contributed by atoms with Gasteiger partial charge in [0.05, 0.1) is 15.4 Å². The lowest BCUT2D eigenvalue weighted by atomic mass is 10.3. The van der Waals surface area contributed by atoms with Crippen molar-refractivity contribution < 1.29 is 9.59 Å². The molecule has 0 aliphatic heterocycles. The highest BCUT2D eigenvalue weighted by Gasteiger charge is 2.10. The van der Waals surface area contributed by atoms with Gasteiger partial charge in [0, 0.05) is 18.3 Å². The number of hydrogen-bond donors (Lipinski definition) is 2. The van der Waals surface area contributed by atoms with Crippen LogP contribution in [-0.2, 0) is 4.79 Å². The second-order valence-corrected chi connectivity index (χ2v) is 7.30. The van der Waals surface area contributed by atoms with Gasteiger partial charge in [0.2, 0.25) is 5.91 Å². The van der Waals surface area contributed by atoms with E-state index in [1.165, 1.54) is 22.7 Å². The normalized spacial score (nSPS) is 10.4. The molecule has 0 spiro atoms. The van der Waals surface area contributed by atoms with E-state index >= 15 is 0 Å². The summed E-state index contributed by atoms with van der Waals surface area (Å²) in [6.07, 6.45) is 0.213. The van der Waals surface area contributed by atoms with E-state index in [0.29, 0.717) is 16.6 Å². The van der Waals surface area contributed by atoms with Crippen molar-refractivity contribution in [3.8, 4) is 10.6 Å². The van der Waals surface area contributed by atoms with Gasteiger partial charge >= 0.3 is 0 Å². The first kappa shape index (κ1) is 15.9. The highest BCUT2D eigenvalue weighted by atomic mass is 32.1. The maximum atomic E-state index is 11.9. The van der Waals surface area contributed by atoms with Crippen molar-refractivity contribution in [1.29, 1.82) is 0 Å². The van der Waals surface area contributed by atoms with Crippen molar-refractivity contribution in [2.75, 3.05) is 11.9 Å². The highest BCUT2D eigenvalue weighted by molar-refractivity contribution is 7.16. The van der Waals surface area contributed by atoms with Gasteiger partial charge in [-0.3, -0.25) is 9.59 Å². The highest BCUT2D eigenvalue weighted by Crippen LogP contribution is 2.28. The van der Waals surface area contributed by atoms with Gasteiger partial charge in [0.25, 0.3) is 5.91 Å². The maximum Gasteiger partial charge on any atom is 0.261 e. The molecule has 3 heterocycles. The summed E-state index contributed by atoms with van der Waals surface area (Å²) in [5.41, 5.74) is 0.867. The summed E-state index contributed by atoms with van der Waals surface area (Å²) in [4.78, 5) is 29.7. The van der Waals surface area contributed by atoms with Gasteiger partial charge in [-0.05, 0) is 22.9 Å². The Kier molecular flexibility index (Phi) is 5.16. The van der Waals surface area contributed by atoms with Crippen molar-refractivity contribution in [1.82, 2.24) is 10.3 Å². The summed E-state index contributed by atoms with van der Waals surface area (Å²) in [5.74, 6) is -0.314. The van der Waals surface area contributed by atoms with E-state index < -0.39 is 0 Å². The van der Waals surface area contributed by atoms with Crippen LogP contribution >= 0.6 is 34.0 Å². The zero-order valence-electron chi connectivity index (χ0n) is 11.9. The quantitative estimate of drug-likeness (QED) is 0.702. The summed E-state index contributed by atoms with van der Waals surface area (Å²) in [5, 5.41) is 11.8. The fourth-order valence-corrected chi connectivity index (χ4v) is 3.96. The van der Waals surface area contributed by atoms with E-state index in [-0.39, 0.29) is 18.2 Å². The van der Waals surface area contributed by atoms with Gasteiger partial charge in [-0.1, -0.05) is 12.1 Å². The van der Waals surface area contributed by atoms with Gasteiger partial charge in [-0.2, -0.15) is 0 Å². The van der Waals surface area contributed by atoms with Crippen molar-refractivity contribution in [2.45, 2.75) is 6.42 Å². The molecule has 0 saturated carbocycles. The number of thiazole rings is 1. The number of amides is 2. The van der Waals surface area contributed by atoms with E-state index in [4.69, 9.17) is 0 Å². The van der Waals surface area contributed by atoms with E-state index in [9.17, 15) is 9.59 Å². The predicted octanol–water partition coefficient (Wildman–Crippen LogP) is 3.69. The van der Waals surface area contributed by atoms with Crippen LogP contribution in [0.5, 0.6) is 0 Å². The molecule has 3 rings (SSSR count). The van der Waals surface area contributed by atoms with Crippen LogP contribution in [0.2, 0.25) is 0 Å². The van der Waals surface area contributed by atoms with Gasteiger partial charge in [0.1, 0.15) is 0 Å². The fourth-order valence-electron chi connectivity index (χ4n) is 1.83. The number of nitrogens with one attached hydrogen (secondary N) is 2. The van der Waals surface area contributed by atoms with Gasteiger partial charge in [-0.15, -0.1) is 34.0 Å². The zero-order valence-corrected chi connectivity index (χ0v) is 14.4. The number of rotatable bonds is 6. The number of nitrogens with zero attached hydrogens (tertiary/aromatic N) is 1. The largest absolute Gasteiger partial charge is 0.351 e. The molecular formula is C15H13N3O2S3. The molecule has 118 valence electrons. The molecular weight excluding hydrogens is 350 g/mol. The van der Waals surface area contributed by atoms with E-state index in [1.54, 1.807) is 17.4 Å². The number of hydrogen-bond acceptors (Lipinski definition) is 6. The lowest BCUT2D eigenvalue weighted by Crippen LogP contribution is -2.27. The van der Waals surface area contributed by atoms with Crippen molar-refractivity contribution in [2.24, 2.45) is 0 Å². The summed E-state index contributed by atoms with van der Waals surface area (Å²) in [7, 11) is 0. The Morgan fingerprint density at radius 3 is 2.65 bits per heavy atom. The molecule has 0 fully saturated rings. The molecule has 0 saturated heterocycles. The average Bonchev–Trinajstić information content (AvgIpc) is 3.28. The van der Waals surface area contributed by atoms with Crippen LogP contribution in [0.1, 0.15) is 16.1 Å². The first-order valence-corrected chi connectivity index (χ1v) is 9.47. The SMILES string of the molecule is O=C(CCNC(=O)c1cccs1)Nc1nc(-c2cccs2)cs1. The van der Waals surface area contributed by atoms with Crippen LogP contribution in [0.4, 0.5) is 5.13 Å². The van der Waals surface area contributed by atoms with Crippen molar-refractivity contribution in [3.05, 3.63) is 45.3 Å². The first-order valence-electron chi connectivity index (χ1n) is 6.83. The molecule has 0 aliphatic rings. The predicted molar refractivity (Wildman–Crippen MR) is 95.3 cm³/mol. The molecule has 2 amide bonds. The molecule has 3 aromatic heterocycles. The Hall–Kier alpha value is -2.03. The average molecular weight is 363 g/mol. The van der Waals surface area contributed by atoms with Crippen LogP contribution < -0.4 is 10.6 Å². The molecule has 0 radical (unpaired) electrons. The summed E-state index contributed by atoms with van der Waals surface area (Å²) < 4.78 is 0. The summed E-state index contributed by atoms with van der Waals surface area (Å²) in [6.45, 7) is 0.297. The smallest absolute Gasteiger partial charge is 0.261 e. The van der Waals surface area contributed by atoms with Crippen molar-refractivity contribution >= 4 is 51.0 Å². The minimum atomic E-state index is -0.163. The van der Waals surface area contributed by atoms with Crippen molar-refractivity contribution in [3.63, 3.8) is 0 Å². The number of carbonyl (C=O) groups excluding carboxylic acids is 2. The Balaban J connectivity index is 1.45.